The fourth-order valence-electron chi connectivity index (χ4n) is 1.58. The Morgan fingerprint density at radius 2 is 1.67 bits per heavy atom. The Bertz CT molecular complexity index is 740. The number of ether oxygens (including phenoxy) is 1. The summed E-state index contributed by atoms with van der Waals surface area (Å²) in [6, 6.07) is 4.52. The first-order valence-electron chi connectivity index (χ1n) is 6.14. The second-order valence-corrected chi connectivity index (χ2v) is 4.34. The minimum atomic E-state index is -4.83. The average Bonchev–Trinajstić information content (AvgIpc) is 2.45. The molecule has 2 rings (SSSR count). The SMILES string of the molecule is Nc1ncc(-c2ccc(OC(F)(F)F)cc2)nc1N=CC(F)(F)F. The van der Waals surface area contributed by atoms with Crippen LogP contribution in [-0.4, -0.2) is 28.7 Å². The molecule has 2 N–H and O–H groups in total. The first-order valence-corrected chi connectivity index (χ1v) is 6.14. The maximum absolute atomic E-state index is 12.1. The topological polar surface area (TPSA) is 73.4 Å². The van der Waals surface area contributed by atoms with Crippen LogP contribution < -0.4 is 10.5 Å². The summed E-state index contributed by atoms with van der Waals surface area (Å²) in [6.45, 7) is 0. The van der Waals surface area contributed by atoms with Gasteiger partial charge < -0.3 is 10.5 Å². The van der Waals surface area contributed by atoms with E-state index in [9.17, 15) is 26.3 Å². The minimum absolute atomic E-state index is 0.0806. The molecule has 1 aromatic carbocycles. The maximum Gasteiger partial charge on any atom is 0.573 e. The number of nitrogens with zero attached hydrogens (tertiary/aromatic N) is 3. The Kier molecular flexibility index (Phi) is 4.62. The zero-order chi connectivity index (χ0) is 18.0. The lowest BCUT2D eigenvalue weighted by Gasteiger charge is -2.09. The van der Waals surface area contributed by atoms with Crippen LogP contribution in [0.4, 0.5) is 38.0 Å². The van der Waals surface area contributed by atoms with Crippen molar-refractivity contribution >= 4 is 17.9 Å². The van der Waals surface area contributed by atoms with E-state index in [1.165, 1.54) is 12.1 Å². The standard InChI is InChI=1S/C13H8F6N4O/c14-12(15,16)6-22-11-10(20)21-5-9(23-11)7-1-3-8(4-2-7)24-13(17,18)19/h1-6H,(H2,20,21). The van der Waals surface area contributed by atoms with Gasteiger partial charge in [-0.3, -0.25) is 0 Å². The van der Waals surface area contributed by atoms with Gasteiger partial charge in [-0.05, 0) is 24.3 Å². The van der Waals surface area contributed by atoms with Crippen LogP contribution in [0.2, 0.25) is 0 Å². The van der Waals surface area contributed by atoms with Crippen LogP contribution in [0.5, 0.6) is 5.75 Å². The number of nitrogens with two attached hydrogens (primary N) is 1. The highest BCUT2D eigenvalue weighted by Gasteiger charge is 2.31. The number of nitrogen functional groups attached to an aromatic ring is 1. The van der Waals surface area contributed by atoms with Gasteiger partial charge in [-0.25, -0.2) is 15.0 Å². The Labute approximate surface area is 130 Å². The van der Waals surface area contributed by atoms with Gasteiger partial charge >= 0.3 is 12.5 Å². The van der Waals surface area contributed by atoms with E-state index in [-0.39, 0.29) is 17.7 Å². The molecule has 0 spiro atoms. The number of hydrogen-bond donors (Lipinski definition) is 1. The predicted molar refractivity (Wildman–Crippen MR) is 72.8 cm³/mol. The van der Waals surface area contributed by atoms with Gasteiger partial charge in [0.05, 0.1) is 11.9 Å². The normalized spacial score (nSPS) is 12.6. The van der Waals surface area contributed by atoms with E-state index in [1.807, 2.05) is 0 Å². The van der Waals surface area contributed by atoms with E-state index in [0.717, 1.165) is 18.3 Å². The van der Waals surface area contributed by atoms with Crippen molar-refractivity contribution in [1.29, 1.82) is 0 Å². The summed E-state index contributed by atoms with van der Waals surface area (Å²) in [5.41, 5.74) is 5.76. The lowest BCUT2D eigenvalue weighted by atomic mass is 10.1. The molecule has 0 saturated carbocycles. The number of anilines is 1. The van der Waals surface area contributed by atoms with Crippen molar-refractivity contribution in [1.82, 2.24) is 9.97 Å². The lowest BCUT2D eigenvalue weighted by molar-refractivity contribution is -0.274. The highest BCUT2D eigenvalue weighted by atomic mass is 19.4. The van der Waals surface area contributed by atoms with Gasteiger partial charge in [0, 0.05) is 5.56 Å². The second kappa shape index (κ2) is 6.34. The molecule has 0 aliphatic heterocycles. The molecule has 0 aliphatic carbocycles. The summed E-state index contributed by atoms with van der Waals surface area (Å²) in [5, 5.41) is 0. The fraction of sp³-hybridized carbons (Fsp3) is 0.154. The number of benzene rings is 1. The molecule has 0 bridgehead atoms. The summed E-state index contributed by atoms with van der Waals surface area (Å²) in [6.07, 6.45) is -8.62. The largest absolute Gasteiger partial charge is 0.573 e. The molecule has 11 heteroatoms. The monoisotopic (exact) mass is 350 g/mol. The summed E-state index contributed by atoms with van der Waals surface area (Å²) in [4.78, 5) is 10.6. The minimum Gasteiger partial charge on any atom is -0.406 e. The van der Waals surface area contributed by atoms with Crippen molar-refractivity contribution < 1.29 is 31.1 Å². The van der Waals surface area contributed by atoms with E-state index in [0.29, 0.717) is 5.56 Å². The Morgan fingerprint density at radius 1 is 1.04 bits per heavy atom. The van der Waals surface area contributed by atoms with Crippen LogP contribution in [0.1, 0.15) is 0 Å². The number of rotatable bonds is 3. The summed E-state index contributed by atoms with van der Waals surface area (Å²) < 4.78 is 76.3. The number of halogens is 6. The van der Waals surface area contributed by atoms with Crippen molar-refractivity contribution in [2.24, 2.45) is 4.99 Å². The van der Waals surface area contributed by atoms with Crippen molar-refractivity contribution in [3.8, 4) is 17.0 Å². The fourth-order valence-corrected chi connectivity index (χ4v) is 1.58. The van der Waals surface area contributed by atoms with Crippen LogP contribution in [0.15, 0.2) is 35.5 Å². The van der Waals surface area contributed by atoms with E-state index < -0.39 is 24.1 Å². The van der Waals surface area contributed by atoms with E-state index in [4.69, 9.17) is 5.73 Å². The van der Waals surface area contributed by atoms with Gasteiger partial charge in [0.2, 0.25) is 0 Å². The molecule has 0 aliphatic rings. The Balaban J connectivity index is 2.28. The number of aromatic nitrogens is 2. The van der Waals surface area contributed by atoms with Gasteiger partial charge in [0.25, 0.3) is 0 Å². The summed E-state index contributed by atoms with van der Waals surface area (Å²) >= 11 is 0. The molecule has 5 nitrogen and oxygen atoms in total. The lowest BCUT2D eigenvalue weighted by Crippen LogP contribution is -2.16. The molecule has 2 aromatic rings. The molecular weight excluding hydrogens is 342 g/mol. The molecule has 1 heterocycles. The van der Waals surface area contributed by atoms with Crippen LogP contribution in [-0.2, 0) is 0 Å². The molecule has 0 atom stereocenters. The second-order valence-electron chi connectivity index (χ2n) is 4.34. The van der Waals surface area contributed by atoms with Gasteiger partial charge in [-0.1, -0.05) is 0 Å². The van der Waals surface area contributed by atoms with Gasteiger partial charge in [-0.2, -0.15) is 13.2 Å². The highest BCUT2D eigenvalue weighted by Crippen LogP contribution is 2.27. The first-order chi connectivity index (χ1) is 11.0. The molecule has 0 amide bonds. The molecule has 0 unspecified atom stereocenters. The zero-order valence-corrected chi connectivity index (χ0v) is 11.6. The molecule has 1 aromatic heterocycles. The van der Waals surface area contributed by atoms with Crippen LogP contribution in [0, 0.1) is 0 Å². The van der Waals surface area contributed by atoms with Crippen molar-refractivity contribution in [3.05, 3.63) is 30.5 Å². The molecule has 128 valence electrons. The molecule has 0 radical (unpaired) electrons. The highest BCUT2D eigenvalue weighted by molar-refractivity contribution is 5.72. The number of aliphatic imine (C=N–C) groups is 1. The zero-order valence-electron chi connectivity index (χ0n) is 11.6. The van der Waals surface area contributed by atoms with Gasteiger partial charge in [-0.15, -0.1) is 13.2 Å². The van der Waals surface area contributed by atoms with E-state index in [2.05, 4.69) is 19.7 Å². The van der Waals surface area contributed by atoms with Crippen LogP contribution in [0.25, 0.3) is 11.3 Å². The predicted octanol–water partition coefficient (Wildman–Crippen LogP) is 3.89. The molecule has 24 heavy (non-hydrogen) atoms. The van der Waals surface area contributed by atoms with Crippen molar-refractivity contribution in [2.75, 3.05) is 5.73 Å². The van der Waals surface area contributed by atoms with E-state index in [1.54, 1.807) is 0 Å². The number of hydrogen-bond acceptors (Lipinski definition) is 5. The van der Waals surface area contributed by atoms with Crippen molar-refractivity contribution in [3.63, 3.8) is 0 Å². The average molecular weight is 350 g/mol. The third-order valence-electron chi connectivity index (χ3n) is 2.50. The molecule has 0 saturated heterocycles. The van der Waals surface area contributed by atoms with Crippen molar-refractivity contribution in [2.45, 2.75) is 12.5 Å². The molecule has 0 fully saturated rings. The van der Waals surface area contributed by atoms with E-state index >= 15 is 0 Å². The third kappa shape index (κ3) is 5.11. The summed E-state index contributed by atoms with van der Waals surface area (Å²) in [5.74, 6) is -1.23. The maximum atomic E-state index is 12.1. The molecular formula is C13H8F6N4O. The smallest absolute Gasteiger partial charge is 0.406 e. The van der Waals surface area contributed by atoms with Gasteiger partial charge in [0.1, 0.15) is 12.0 Å². The van der Waals surface area contributed by atoms with Crippen LogP contribution in [0.3, 0.4) is 0 Å². The quantitative estimate of drug-likeness (QED) is 0.673. The Morgan fingerprint density at radius 3 is 2.21 bits per heavy atom. The Hall–Kier alpha value is -2.85. The van der Waals surface area contributed by atoms with Crippen LogP contribution >= 0.6 is 0 Å². The first kappa shape index (κ1) is 17.5. The third-order valence-corrected chi connectivity index (χ3v) is 2.50. The number of alkyl halides is 6. The van der Waals surface area contributed by atoms with Gasteiger partial charge in [0.15, 0.2) is 11.6 Å². The summed E-state index contributed by atoms with van der Waals surface area (Å²) in [7, 11) is 0.